The van der Waals surface area contributed by atoms with Crippen LogP contribution in [-0.4, -0.2) is 46.4 Å². The van der Waals surface area contributed by atoms with E-state index in [2.05, 4.69) is 29.2 Å². The Morgan fingerprint density at radius 3 is 2.76 bits per heavy atom. The Morgan fingerprint density at radius 2 is 2.12 bits per heavy atom. The molecule has 2 rings (SSSR count). The Kier molecular flexibility index (Phi) is 4.18. The molecule has 1 fully saturated rings. The van der Waals surface area contributed by atoms with Gasteiger partial charge in [-0.25, -0.2) is 0 Å². The van der Waals surface area contributed by atoms with Crippen LogP contribution in [0.1, 0.15) is 26.7 Å². The zero-order valence-corrected chi connectivity index (χ0v) is 11.0. The molecule has 2 heterocycles. The van der Waals surface area contributed by atoms with Gasteiger partial charge in [0.15, 0.2) is 0 Å². The topological polar surface area (TPSA) is 33.1 Å². The molecule has 0 bridgehead atoms. The highest BCUT2D eigenvalue weighted by molar-refractivity contribution is 4.94. The van der Waals surface area contributed by atoms with E-state index >= 15 is 0 Å². The van der Waals surface area contributed by atoms with Gasteiger partial charge in [0.1, 0.15) is 0 Å². The second-order valence-electron chi connectivity index (χ2n) is 4.86. The number of nitrogens with one attached hydrogen (secondary N) is 1. The van der Waals surface area contributed by atoms with Crippen molar-refractivity contribution in [1.29, 1.82) is 0 Å². The Labute approximate surface area is 104 Å². The zero-order chi connectivity index (χ0) is 12.1. The fraction of sp³-hybridized carbons (Fsp3) is 0.769. The summed E-state index contributed by atoms with van der Waals surface area (Å²) in [6.07, 6.45) is 6.33. The summed E-state index contributed by atoms with van der Waals surface area (Å²) in [6.45, 7) is 10.1. The predicted molar refractivity (Wildman–Crippen MR) is 70.0 cm³/mol. The lowest BCUT2D eigenvalue weighted by molar-refractivity contribution is 0.0481. The average Bonchev–Trinajstić information content (AvgIpc) is 2.90. The van der Waals surface area contributed by atoms with Crippen molar-refractivity contribution in [3.63, 3.8) is 0 Å². The molecular formula is C13H24N4. The molecule has 0 aromatic carbocycles. The second kappa shape index (κ2) is 5.65. The summed E-state index contributed by atoms with van der Waals surface area (Å²) in [7, 11) is 0. The van der Waals surface area contributed by atoms with Crippen LogP contribution in [0, 0.1) is 0 Å². The van der Waals surface area contributed by atoms with Crippen LogP contribution in [0.15, 0.2) is 18.5 Å². The highest BCUT2D eigenvalue weighted by Gasteiger charge is 2.35. The normalized spacial score (nSPS) is 20.6. The lowest BCUT2D eigenvalue weighted by Gasteiger charge is -2.47. The first kappa shape index (κ1) is 12.6. The summed E-state index contributed by atoms with van der Waals surface area (Å²) >= 11 is 0. The number of hydrogen-bond acceptors (Lipinski definition) is 3. The smallest absolute Gasteiger partial charge is 0.0536 e. The molecule has 0 amide bonds. The largest absolute Gasteiger partial charge is 0.314 e. The van der Waals surface area contributed by atoms with Crippen LogP contribution in [0.5, 0.6) is 0 Å². The number of nitrogens with zero attached hydrogens (tertiary/aromatic N) is 3. The van der Waals surface area contributed by atoms with Crippen LogP contribution in [0.25, 0.3) is 0 Å². The van der Waals surface area contributed by atoms with E-state index in [4.69, 9.17) is 0 Å². The standard InChI is InChI=1S/C13H24N4/c1-3-13(4-2)12-14-7-9-16(13)10-11-17-8-5-6-15-17/h5-6,8,14H,3-4,7,9-12H2,1-2H3. The minimum absolute atomic E-state index is 0.353. The number of aromatic nitrogens is 2. The van der Waals surface area contributed by atoms with Crippen LogP contribution in [-0.2, 0) is 6.54 Å². The summed E-state index contributed by atoms with van der Waals surface area (Å²) in [5.74, 6) is 0. The van der Waals surface area contributed by atoms with E-state index < -0.39 is 0 Å². The van der Waals surface area contributed by atoms with Crippen molar-refractivity contribution in [2.24, 2.45) is 0 Å². The lowest BCUT2D eigenvalue weighted by Crippen LogP contribution is -2.61. The molecule has 1 aromatic rings. The van der Waals surface area contributed by atoms with Gasteiger partial charge in [-0.15, -0.1) is 0 Å². The maximum atomic E-state index is 4.27. The van der Waals surface area contributed by atoms with Crippen molar-refractivity contribution in [2.75, 3.05) is 26.2 Å². The Bertz CT molecular complexity index is 316. The second-order valence-corrected chi connectivity index (χ2v) is 4.86. The average molecular weight is 236 g/mol. The van der Waals surface area contributed by atoms with Crippen molar-refractivity contribution in [1.82, 2.24) is 20.0 Å². The van der Waals surface area contributed by atoms with E-state index in [-0.39, 0.29) is 0 Å². The van der Waals surface area contributed by atoms with Gasteiger partial charge < -0.3 is 5.32 Å². The predicted octanol–water partition coefficient (Wildman–Crippen LogP) is 1.35. The molecule has 1 aliphatic heterocycles. The highest BCUT2D eigenvalue weighted by atomic mass is 15.3. The SMILES string of the molecule is CCC1(CC)CNCCN1CCn1cccn1. The maximum Gasteiger partial charge on any atom is 0.0536 e. The fourth-order valence-electron chi connectivity index (χ4n) is 2.84. The molecule has 1 N–H and O–H groups in total. The summed E-state index contributed by atoms with van der Waals surface area (Å²) in [6, 6.07) is 1.99. The molecular weight excluding hydrogens is 212 g/mol. The Balaban J connectivity index is 1.96. The number of piperazine rings is 1. The molecule has 0 aliphatic carbocycles. The van der Waals surface area contributed by atoms with Crippen LogP contribution < -0.4 is 5.32 Å². The highest BCUT2D eigenvalue weighted by Crippen LogP contribution is 2.25. The van der Waals surface area contributed by atoms with Crippen LogP contribution in [0.4, 0.5) is 0 Å². The number of hydrogen-bond donors (Lipinski definition) is 1. The van der Waals surface area contributed by atoms with E-state index in [1.165, 1.54) is 12.8 Å². The molecule has 1 aromatic heterocycles. The quantitative estimate of drug-likeness (QED) is 0.837. The summed E-state index contributed by atoms with van der Waals surface area (Å²) in [5, 5.41) is 7.81. The molecule has 0 atom stereocenters. The van der Waals surface area contributed by atoms with Crippen LogP contribution >= 0.6 is 0 Å². The van der Waals surface area contributed by atoms with Gasteiger partial charge in [0, 0.05) is 44.1 Å². The molecule has 1 saturated heterocycles. The molecule has 0 radical (unpaired) electrons. The lowest BCUT2D eigenvalue weighted by atomic mass is 9.88. The molecule has 4 nitrogen and oxygen atoms in total. The van der Waals surface area contributed by atoms with Gasteiger partial charge in [0.25, 0.3) is 0 Å². The van der Waals surface area contributed by atoms with E-state index in [0.717, 1.165) is 32.7 Å². The molecule has 17 heavy (non-hydrogen) atoms. The van der Waals surface area contributed by atoms with E-state index in [9.17, 15) is 0 Å². The van der Waals surface area contributed by atoms with Crippen LogP contribution in [0.2, 0.25) is 0 Å². The Hall–Kier alpha value is -0.870. The van der Waals surface area contributed by atoms with Gasteiger partial charge in [-0.2, -0.15) is 5.10 Å². The minimum atomic E-state index is 0.353. The summed E-state index contributed by atoms with van der Waals surface area (Å²) in [5.41, 5.74) is 0.353. The van der Waals surface area contributed by atoms with Crippen molar-refractivity contribution < 1.29 is 0 Å². The van der Waals surface area contributed by atoms with Gasteiger partial charge in [0.2, 0.25) is 0 Å². The van der Waals surface area contributed by atoms with Crippen molar-refractivity contribution >= 4 is 0 Å². The zero-order valence-electron chi connectivity index (χ0n) is 11.0. The first-order valence-electron chi connectivity index (χ1n) is 6.74. The van der Waals surface area contributed by atoms with Crippen LogP contribution in [0.3, 0.4) is 0 Å². The van der Waals surface area contributed by atoms with Gasteiger partial charge in [-0.3, -0.25) is 9.58 Å². The molecule has 1 aliphatic rings. The molecule has 0 saturated carbocycles. The van der Waals surface area contributed by atoms with Crippen molar-refractivity contribution in [3.05, 3.63) is 18.5 Å². The van der Waals surface area contributed by atoms with Gasteiger partial charge in [-0.05, 0) is 18.9 Å². The molecule has 4 heteroatoms. The first-order chi connectivity index (χ1) is 8.30. The molecule has 0 unspecified atom stereocenters. The summed E-state index contributed by atoms with van der Waals surface area (Å²) < 4.78 is 2.03. The number of rotatable bonds is 5. The summed E-state index contributed by atoms with van der Waals surface area (Å²) in [4.78, 5) is 2.64. The third kappa shape index (κ3) is 2.69. The third-order valence-electron chi connectivity index (χ3n) is 4.16. The maximum absolute atomic E-state index is 4.27. The van der Waals surface area contributed by atoms with E-state index in [0.29, 0.717) is 5.54 Å². The monoisotopic (exact) mass is 236 g/mol. The van der Waals surface area contributed by atoms with Gasteiger partial charge in [0.05, 0.1) is 6.54 Å². The van der Waals surface area contributed by atoms with E-state index in [1.54, 1.807) is 0 Å². The fourth-order valence-corrected chi connectivity index (χ4v) is 2.84. The third-order valence-corrected chi connectivity index (χ3v) is 4.16. The van der Waals surface area contributed by atoms with Crippen molar-refractivity contribution in [3.8, 4) is 0 Å². The first-order valence-corrected chi connectivity index (χ1v) is 6.74. The van der Waals surface area contributed by atoms with Crippen molar-refractivity contribution in [2.45, 2.75) is 38.8 Å². The van der Waals surface area contributed by atoms with E-state index in [1.807, 2.05) is 23.1 Å². The molecule has 96 valence electrons. The van der Waals surface area contributed by atoms with Gasteiger partial charge >= 0.3 is 0 Å². The minimum Gasteiger partial charge on any atom is -0.314 e. The van der Waals surface area contributed by atoms with Gasteiger partial charge in [-0.1, -0.05) is 13.8 Å². The molecule has 0 spiro atoms. The Morgan fingerprint density at radius 1 is 1.29 bits per heavy atom.